The van der Waals surface area contributed by atoms with Gasteiger partial charge in [-0.25, -0.2) is 10.2 Å². The lowest BCUT2D eigenvalue weighted by molar-refractivity contribution is 0.0903. The van der Waals surface area contributed by atoms with E-state index in [0.717, 1.165) is 6.42 Å². The minimum absolute atomic E-state index is 0.0789. The lowest BCUT2D eigenvalue weighted by Gasteiger charge is -2.29. The van der Waals surface area contributed by atoms with Crippen LogP contribution >= 0.6 is 0 Å². The Morgan fingerprint density at radius 2 is 1.59 bits per heavy atom. The predicted molar refractivity (Wildman–Crippen MR) is 122 cm³/mol. The first kappa shape index (κ1) is 22.9. The number of amides is 3. The third kappa shape index (κ3) is 6.63. The van der Waals surface area contributed by atoms with E-state index in [1.54, 1.807) is 6.07 Å². The molecule has 3 amide bonds. The topological polar surface area (TPSA) is 92.6 Å². The summed E-state index contributed by atoms with van der Waals surface area (Å²) in [6.07, 6.45) is 0.737. The highest BCUT2D eigenvalue weighted by atomic mass is 16.5. The van der Waals surface area contributed by atoms with E-state index in [0.29, 0.717) is 11.5 Å². The van der Waals surface area contributed by atoms with Gasteiger partial charge >= 0.3 is 11.9 Å². The van der Waals surface area contributed by atoms with Gasteiger partial charge in [0.2, 0.25) is 0 Å². The molecule has 0 spiro atoms. The second kappa shape index (κ2) is 10.5. The van der Waals surface area contributed by atoms with Crippen molar-refractivity contribution in [1.29, 1.82) is 0 Å². The minimum atomic E-state index is -0.552. The number of furan rings is 1. The molecule has 32 heavy (non-hydrogen) atoms. The van der Waals surface area contributed by atoms with Crippen LogP contribution in [0.2, 0.25) is 0 Å². The van der Waals surface area contributed by atoms with Crippen LogP contribution in [-0.2, 0) is 12.0 Å². The second-order valence-electron chi connectivity index (χ2n) is 8.28. The highest BCUT2D eigenvalue weighted by Gasteiger charge is 2.24. The molecule has 7 heteroatoms. The Labute approximate surface area is 188 Å². The fourth-order valence-electron chi connectivity index (χ4n) is 3.51. The van der Waals surface area contributed by atoms with E-state index in [1.807, 2.05) is 55.5 Å². The maximum atomic E-state index is 12.2. The summed E-state index contributed by atoms with van der Waals surface area (Å²) in [6.45, 7) is 6.39. The van der Waals surface area contributed by atoms with Gasteiger partial charge in [-0.1, -0.05) is 62.4 Å². The monoisotopic (exact) mass is 435 g/mol. The molecule has 0 radical (unpaired) electrons. The molecule has 168 valence electrons. The van der Waals surface area contributed by atoms with Crippen LogP contribution in [0.15, 0.2) is 77.2 Å². The number of hydrogen-bond donors (Lipinski definition) is 3. The van der Waals surface area contributed by atoms with Crippen LogP contribution in [0.3, 0.4) is 0 Å². The molecule has 0 aliphatic heterocycles. The van der Waals surface area contributed by atoms with Gasteiger partial charge in [-0.2, -0.15) is 0 Å². The summed E-state index contributed by atoms with van der Waals surface area (Å²) in [4.78, 5) is 24.4. The first-order valence-electron chi connectivity index (χ1n) is 10.5. The highest BCUT2D eigenvalue weighted by Crippen LogP contribution is 2.28. The molecular weight excluding hydrogens is 406 g/mol. The average Bonchev–Trinajstić information content (AvgIpc) is 3.26. The first-order chi connectivity index (χ1) is 15.3. The number of nitrogens with one attached hydrogen (secondary N) is 3. The Morgan fingerprint density at radius 1 is 0.938 bits per heavy atom. The number of carbonyl (C=O) groups is 2. The molecule has 1 unspecified atom stereocenters. The van der Waals surface area contributed by atoms with Gasteiger partial charge in [0.25, 0.3) is 0 Å². The summed E-state index contributed by atoms with van der Waals surface area (Å²) >= 11 is 0. The van der Waals surface area contributed by atoms with Crippen LogP contribution in [-0.4, -0.2) is 18.0 Å². The maximum absolute atomic E-state index is 12.2. The van der Waals surface area contributed by atoms with Crippen molar-refractivity contribution in [3.8, 4) is 5.75 Å². The smallest absolute Gasteiger partial charge is 0.333 e. The van der Waals surface area contributed by atoms with Crippen molar-refractivity contribution in [3.05, 3.63) is 89.9 Å². The van der Waals surface area contributed by atoms with Gasteiger partial charge in [0.05, 0.1) is 0 Å². The fourth-order valence-corrected chi connectivity index (χ4v) is 3.51. The van der Waals surface area contributed by atoms with Crippen molar-refractivity contribution in [3.63, 3.8) is 0 Å². The molecule has 3 N–H and O–H groups in total. The van der Waals surface area contributed by atoms with Crippen molar-refractivity contribution >= 4 is 11.9 Å². The zero-order valence-corrected chi connectivity index (χ0v) is 18.6. The number of hydrazine groups is 1. The zero-order chi connectivity index (χ0) is 23.0. The zero-order valence-electron chi connectivity index (χ0n) is 18.6. The SMILES string of the molecule is CC(CC(C)(C)c1ccccc1)NC(=O)NNC(=O)c1ccc(COc2ccccc2)o1. The molecule has 2 aromatic carbocycles. The number of hydrogen-bond acceptors (Lipinski definition) is 4. The van der Waals surface area contributed by atoms with Gasteiger partial charge in [-0.15, -0.1) is 0 Å². The molecular formula is C25H29N3O4. The molecule has 0 aliphatic rings. The third-order valence-electron chi connectivity index (χ3n) is 5.05. The largest absolute Gasteiger partial charge is 0.486 e. The predicted octanol–water partition coefficient (Wildman–Crippen LogP) is 4.56. The van der Waals surface area contributed by atoms with Crippen molar-refractivity contribution in [2.45, 2.75) is 45.3 Å². The quantitative estimate of drug-likeness (QED) is 0.452. The van der Waals surface area contributed by atoms with E-state index in [1.165, 1.54) is 11.6 Å². The Bertz CT molecular complexity index is 1020. The van der Waals surface area contributed by atoms with Crippen molar-refractivity contribution < 1.29 is 18.7 Å². The molecule has 1 atom stereocenters. The summed E-state index contributed by atoms with van der Waals surface area (Å²) in [6, 6.07) is 22.1. The molecule has 1 heterocycles. The fraction of sp³-hybridized carbons (Fsp3) is 0.280. The number of carbonyl (C=O) groups excluding carboxylic acids is 2. The lowest BCUT2D eigenvalue weighted by atomic mass is 9.79. The van der Waals surface area contributed by atoms with Gasteiger partial charge in [-0.3, -0.25) is 10.2 Å². The normalized spacial score (nSPS) is 12.0. The Kier molecular flexibility index (Phi) is 7.54. The molecule has 0 fully saturated rings. The maximum Gasteiger partial charge on any atom is 0.333 e. The summed E-state index contributed by atoms with van der Waals surface area (Å²) < 4.78 is 11.1. The second-order valence-corrected chi connectivity index (χ2v) is 8.28. The van der Waals surface area contributed by atoms with Crippen molar-refractivity contribution in [1.82, 2.24) is 16.2 Å². The van der Waals surface area contributed by atoms with Gasteiger partial charge in [-0.05, 0) is 48.6 Å². The number of benzene rings is 2. The molecule has 0 saturated carbocycles. The Balaban J connectivity index is 1.42. The highest BCUT2D eigenvalue weighted by molar-refractivity contribution is 5.92. The summed E-state index contributed by atoms with van der Waals surface area (Å²) in [7, 11) is 0. The average molecular weight is 436 g/mol. The van der Waals surface area contributed by atoms with Crippen LogP contribution in [0.4, 0.5) is 4.79 Å². The number of rotatable bonds is 8. The Hall–Kier alpha value is -3.74. The van der Waals surface area contributed by atoms with Crippen LogP contribution < -0.4 is 20.9 Å². The summed E-state index contributed by atoms with van der Waals surface area (Å²) in [5, 5.41) is 2.84. The molecule has 0 saturated heterocycles. The van der Waals surface area contributed by atoms with Crippen LogP contribution in [0.25, 0.3) is 0 Å². The van der Waals surface area contributed by atoms with E-state index in [2.05, 4.69) is 42.1 Å². The molecule has 7 nitrogen and oxygen atoms in total. The molecule has 0 bridgehead atoms. The summed E-state index contributed by atoms with van der Waals surface area (Å²) in [5.74, 6) is 0.733. The van der Waals surface area contributed by atoms with Crippen molar-refractivity contribution in [2.75, 3.05) is 0 Å². The van der Waals surface area contributed by atoms with E-state index >= 15 is 0 Å². The first-order valence-corrected chi connectivity index (χ1v) is 10.5. The molecule has 0 aliphatic carbocycles. The van der Waals surface area contributed by atoms with Gasteiger partial charge in [0.15, 0.2) is 5.76 Å². The molecule has 1 aromatic heterocycles. The van der Waals surface area contributed by atoms with Crippen LogP contribution in [0.1, 0.15) is 49.1 Å². The van der Waals surface area contributed by atoms with E-state index in [9.17, 15) is 9.59 Å². The van der Waals surface area contributed by atoms with Gasteiger partial charge < -0.3 is 14.5 Å². The standard InChI is InChI=1S/C25H29N3O4/c1-18(16-25(2,3)19-10-6-4-7-11-19)26-24(30)28-27-23(29)22-15-14-21(32-22)17-31-20-12-8-5-9-13-20/h4-15,18H,16-17H2,1-3H3,(H,27,29)(H2,26,28,30). The minimum Gasteiger partial charge on any atom is -0.486 e. The number of para-hydroxylation sites is 1. The van der Waals surface area contributed by atoms with Gasteiger partial charge in [0.1, 0.15) is 18.1 Å². The third-order valence-corrected chi connectivity index (χ3v) is 5.05. The Morgan fingerprint density at radius 3 is 2.28 bits per heavy atom. The molecule has 3 aromatic rings. The lowest BCUT2D eigenvalue weighted by Crippen LogP contribution is -2.50. The van der Waals surface area contributed by atoms with Crippen molar-refractivity contribution in [2.24, 2.45) is 0 Å². The van der Waals surface area contributed by atoms with Crippen LogP contribution in [0, 0.1) is 0 Å². The molecule has 3 rings (SSSR count). The van der Waals surface area contributed by atoms with E-state index in [4.69, 9.17) is 9.15 Å². The number of urea groups is 1. The van der Waals surface area contributed by atoms with Crippen LogP contribution in [0.5, 0.6) is 5.75 Å². The van der Waals surface area contributed by atoms with E-state index in [-0.39, 0.29) is 23.8 Å². The van der Waals surface area contributed by atoms with Gasteiger partial charge in [0, 0.05) is 6.04 Å². The summed E-state index contributed by atoms with van der Waals surface area (Å²) in [5.41, 5.74) is 5.81. The van der Waals surface area contributed by atoms with E-state index < -0.39 is 11.9 Å². The number of ether oxygens (including phenoxy) is 1.